The Labute approximate surface area is 132 Å². The number of anilines is 1. The van der Waals surface area contributed by atoms with E-state index in [1.807, 2.05) is 18.2 Å². The van der Waals surface area contributed by atoms with Crippen molar-refractivity contribution in [1.82, 2.24) is 0 Å². The highest BCUT2D eigenvalue weighted by molar-refractivity contribution is 6.39. The number of ether oxygens (including phenoxy) is 2. The van der Waals surface area contributed by atoms with Crippen LogP contribution in [0.25, 0.3) is 0 Å². The van der Waals surface area contributed by atoms with Gasteiger partial charge in [-0.3, -0.25) is 0 Å². The van der Waals surface area contributed by atoms with Gasteiger partial charge in [0.25, 0.3) is 0 Å². The summed E-state index contributed by atoms with van der Waals surface area (Å²) in [6, 6.07) is 7.97. The first-order valence-corrected chi connectivity index (χ1v) is 6.90. The Balaban J connectivity index is 2.17. The molecule has 2 aromatic rings. The number of benzene rings is 2. The van der Waals surface area contributed by atoms with Crippen LogP contribution in [0.2, 0.25) is 10.0 Å². The van der Waals surface area contributed by atoms with E-state index in [4.69, 9.17) is 32.7 Å². The molecule has 1 N–H and O–H groups in total. The molecular formula is C15H14Cl2FNO2. The molecule has 0 radical (unpaired) electrons. The first-order chi connectivity index (χ1) is 10.0. The van der Waals surface area contributed by atoms with E-state index in [1.54, 1.807) is 14.2 Å². The molecule has 0 saturated heterocycles. The van der Waals surface area contributed by atoms with Gasteiger partial charge in [-0.2, -0.15) is 0 Å². The SMILES string of the molecule is COc1ccc(CNc2c(Cl)cc(F)cc2Cl)cc1OC. The number of methoxy groups -OCH3 is 2. The average Bonchev–Trinajstić information content (AvgIpc) is 2.45. The topological polar surface area (TPSA) is 30.5 Å². The van der Waals surface area contributed by atoms with Crippen LogP contribution in [-0.2, 0) is 6.54 Å². The highest BCUT2D eigenvalue weighted by Gasteiger charge is 2.09. The van der Waals surface area contributed by atoms with E-state index in [0.29, 0.717) is 23.7 Å². The zero-order chi connectivity index (χ0) is 15.4. The molecule has 112 valence electrons. The van der Waals surface area contributed by atoms with E-state index in [2.05, 4.69) is 5.32 Å². The Bertz CT molecular complexity index is 627. The van der Waals surface area contributed by atoms with E-state index in [-0.39, 0.29) is 10.0 Å². The van der Waals surface area contributed by atoms with Gasteiger partial charge in [0.05, 0.1) is 30.0 Å². The number of hydrogen-bond acceptors (Lipinski definition) is 3. The molecule has 0 fully saturated rings. The summed E-state index contributed by atoms with van der Waals surface area (Å²) in [4.78, 5) is 0. The smallest absolute Gasteiger partial charge is 0.161 e. The van der Waals surface area contributed by atoms with Crippen LogP contribution in [0.4, 0.5) is 10.1 Å². The maximum absolute atomic E-state index is 13.1. The first kappa shape index (κ1) is 15.7. The highest BCUT2D eigenvalue weighted by Crippen LogP contribution is 2.32. The Morgan fingerprint density at radius 3 is 2.19 bits per heavy atom. The lowest BCUT2D eigenvalue weighted by atomic mass is 10.2. The van der Waals surface area contributed by atoms with Gasteiger partial charge in [0.15, 0.2) is 11.5 Å². The van der Waals surface area contributed by atoms with Gasteiger partial charge >= 0.3 is 0 Å². The molecule has 2 aromatic carbocycles. The van der Waals surface area contributed by atoms with Crippen LogP contribution in [0.1, 0.15) is 5.56 Å². The second-order valence-electron chi connectivity index (χ2n) is 4.29. The molecule has 0 aliphatic rings. The summed E-state index contributed by atoms with van der Waals surface area (Å²) >= 11 is 12.0. The van der Waals surface area contributed by atoms with Gasteiger partial charge in [0.1, 0.15) is 5.82 Å². The molecule has 0 unspecified atom stereocenters. The molecule has 0 aromatic heterocycles. The Morgan fingerprint density at radius 2 is 1.62 bits per heavy atom. The molecule has 0 bridgehead atoms. The fourth-order valence-electron chi connectivity index (χ4n) is 1.89. The number of nitrogens with one attached hydrogen (secondary N) is 1. The highest BCUT2D eigenvalue weighted by atomic mass is 35.5. The van der Waals surface area contributed by atoms with Crippen LogP contribution in [0.3, 0.4) is 0 Å². The summed E-state index contributed by atoms with van der Waals surface area (Å²) in [5.41, 5.74) is 1.44. The summed E-state index contributed by atoms with van der Waals surface area (Å²) < 4.78 is 23.5. The molecule has 0 saturated carbocycles. The lowest BCUT2D eigenvalue weighted by molar-refractivity contribution is 0.354. The minimum Gasteiger partial charge on any atom is -0.493 e. The third kappa shape index (κ3) is 3.71. The molecule has 0 aliphatic heterocycles. The van der Waals surface area contributed by atoms with Crippen LogP contribution in [0.5, 0.6) is 11.5 Å². The normalized spacial score (nSPS) is 10.3. The zero-order valence-electron chi connectivity index (χ0n) is 11.5. The first-order valence-electron chi connectivity index (χ1n) is 6.14. The minimum atomic E-state index is -0.471. The third-order valence-electron chi connectivity index (χ3n) is 2.92. The van der Waals surface area contributed by atoms with Crippen molar-refractivity contribution in [3.05, 3.63) is 51.8 Å². The van der Waals surface area contributed by atoms with E-state index >= 15 is 0 Å². The second kappa shape index (κ2) is 6.87. The molecule has 0 spiro atoms. The number of halogens is 3. The van der Waals surface area contributed by atoms with Crippen molar-refractivity contribution in [3.8, 4) is 11.5 Å². The fraction of sp³-hybridized carbons (Fsp3) is 0.200. The van der Waals surface area contributed by atoms with Crippen molar-refractivity contribution >= 4 is 28.9 Å². The van der Waals surface area contributed by atoms with Crippen LogP contribution >= 0.6 is 23.2 Å². The van der Waals surface area contributed by atoms with Gasteiger partial charge in [-0.1, -0.05) is 29.3 Å². The molecule has 0 atom stereocenters. The van der Waals surface area contributed by atoms with Gasteiger partial charge in [-0.25, -0.2) is 4.39 Å². The largest absolute Gasteiger partial charge is 0.493 e. The van der Waals surface area contributed by atoms with E-state index in [9.17, 15) is 4.39 Å². The van der Waals surface area contributed by atoms with Crippen molar-refractivity contribution < 1.29 is 13.9 Å². The maximum Gasteiger partial charge on any atom is 0.161 e. The van der Waals surface area contributed by atoms with E-state index < -0.39 is 5.82 Å². The fourth-order valence-corrected chi connectivity index (χ4v) is 2.49. The maximum atomic E-state index is 13.1. The summed E-state index contributed by atoms with van der Waals surface area (Å²) in [6.07, 6.45) is 0. The quantitative estimate of drug-likeness (QED) is 0.857. The standard InChI is InChI=1S/C15H14Cl2FNO2/c1-20-13-4-3-9(5-14(13)21-2)8-19-15-11(16)6-10(18)7-12(15)17/h3-7,19H,8H2,1-2H3. The molecular weight excluding hydrogens is 316 g/mol. The summed E-state index contributed by atoms with van der Waals surface area (Å²) in [6.45, 7) is 0.464. The summed E-state index contributed by atoms with van der Waals surface area (Å²) in [5.74, 6) is 0.814. The van der Waals surface area contributed by atoms with Crippen LogP contribution in [0, 0.1) is 5.82 Å². The number of rotatable bonds is 5. The van der Waals surface area contributed by atoms with Crippen molar-refractivity contribution in [3.63, 3.8) is 0 Å². The van der Waals surface area contributed by atoms with Crippen molar-refractivity contribution in [1.29, 1.82) is 0 Å². The Hall–Kier alpha value is -1.65. The van der Waals surface area contributed by atoms with Crippen molar-refractivity contribution in [2.75, 3.05) is 19.5 Å². The number of hydrogen-bond donors (Lipinski definition) is 1. The van der Waals surface area contributed by atoms with Crippen LogP contribution < -0.4 is 14.8 Å². The second-order valence-corrected chi connectivity index (χ2v) is 5.10. The van der Waals surface area contributed by atoms with Gasteiger partial charge < -0.3 is 14.8 Å². The lowest BCUT2D eigenvalue weighted by Gasteiger charge is -2.13. The average molecular weight is 330 g/mol. The van der Waals surface area contributed by atoms with Crippen molar-refractivity contribution in [2.24, 2.45) is 0 Å². The summed E-state index contributed by atoms with van der Waals surface area (Å²) in [7, 11) is 3.15. The Morgan fingerprint density at radius 1 is 1.00 bits per heavy atom. The van der Waals surface area contributed by atoms with Gasteiger partial charge in [-0.05, 0) is 29.8 Å². The van der Waals surface area contributed by atoms with E-state index in [1.165, 1.54) is 12.1 Å². The minimum absolute atomic E-state index is 0.237. The van der Waals surface area contributed by atoms with Gasteiger partial charge in [-0.15, -0.1) is 0 Å². The molecule has 2 rings (SSSR count). The van der Waals surface area contributed by atoms with Gasteiger partial charge in [0, 0.05) is 6.54 Å². The molecule has 0 amide bonds. The molecule has 6 heteroatoms. The zero-order valence-corrected chi connectivity index (χ0v) is 13.1. The molecule has 0 aliphatic carbocycles. The molecule has 21 heavy (non-hydrogen) atoms. The monoisotopic (exact) mass is 329 g/mol. The molecule has 3 nitrogen and oxygen atoms in total. The Kier molecular flexibility index (Phi) is 5.15. The van der Waals surface area contributed by atoms with E-state index in [0.717, 1.165) is 5.56 Å². The van der Waals surface area contributed by atoms with Gasteiger partial charge in [0.2, 0.25) is 0 Å². The van der Waals surface area contributed by atoms with Crippen molar-refractivity contribution in [2.45, 2.75) is 6.54 Å². The third-order valence-corrected chi connectivity index (χ3v) is 3.52. The molecule has 0 heterocycles. The predicted molar refractivity (Wildman–Crippen MR) is 83.3 cm³/mol. The van der Waals surface area contributed by atoms with Crippen LogP contribution in [0.15, 0.2) is 30.3 Å². The van der Waals surface area contributed by atoms with Crippen LogP contribution in [-0.4, -0.2) is 14.2 Å². The lowest BCUT2D eigenvalue weighted by Crippen LogP contribution is -2.02. The predicted octanol–water partition coefficient (Wildman–Crippen LogP) is 4.76. The summed E-state index contributed by atoms with van der Waals surface area (Å²) in [5, 5.41) is 3.56.